The van der Waals surface area contributed by atoms with E-state index in [-0.39, 0.29) is 5.91 Å². The average Bonchev–Trinajstić information content (AvgIpc) is 2.95. The van der Waals surface area contributed by atoms with Gasteiger partial charge in [-0.05, 0) is 35.4 Å². The minimum absolute atomic E-state index is 0.111. The van der Waals surface area contributed by atoms with Gasteiger partial charge in [0.1, 0.15) is 5.71 Å². The van der Waals surface area contributed by atoms with Gasteiger partial charge in [0.2, 0.25) is 0 Å². The van der Waals surface area contributed by atoms with Crippen LogP contribution in [0, 0.1) is 0 Å². The van der Waals surface area contributed by atoms with Gasteiger partial charge in [0.05, 0.1) is 28.8 Å². The smallest absolute Gasteiger partial charge is 0.277 e. The van der Waals surface area contributed by atoms with Crippen molar-refractivity contribution in [3.63, 3.8) is 0 Å². The number of aliphatic imine (C=N–C) groups is 1. The highest BCUT2D eigenvalue weighted by Crippen LogP contribution is 2.31. The summed E-state index contributed by atoms with van der Waals surface area (Å²) in [4.78, 5) is 23.5. The monoisotopic (exact) mass is 395 g/mol. The van der Waals surface area contributed by atoms with Crippen LogP contribution >= 0.6 is 23.2 Å². The number of halogens is 2. The van der Waals surface area contributed by atoms with E-state index in [1.54, 1.807) is 29.4 Å². The van der Waals surface area contributed by atoms with Crippen LogP contribution in [0.1, 0.15) is 16.7 Å². The Bertz CT molecular complexity index is 1030. The van der Waals surface area contributed by atoms with E-state index in [9.17, 15) is 4.79 Å². The van der Waals surface area contributed by atoms with Gasteiger partial charge in [-0.1, -0.05) is 53.5 Å². The first-order valence-corrected chi connectivity index (χ1v) is 9.17. The lowest BCUT2D eigenvalue weighted by Gasteiger charge is -2.16. The molecule has 1 amide bonds. The van der Waals surface area contributed by atoms with Gasteiger partial charge in [0.15, 0.2) is 0 Å². The molecule has 1 aliphatic rings. The Morgan fingerprint density at radius 1 is 0.963 bits per heavy atom. The zero-order chi connectivity index (χ0) is 18.8. The molecule has 0 aliphatic carbocycles. The van der Waals surface area contributed by atoms with Crippen LogP contribution in [0.15, 0.2) is 72.0 Å². The molecule has 0 fully saturated rings. The maximum atomic E-state index is 13.0. The van der Waals surface area contributed by atoms with Gasteiger partial charge in [0, 0.05) is 18.0 Å². The van der Waals surface area contributed by atoms with Gasteiger partial charge in [-0.15, -0.1) is 0 Å². The van der Waals surface area contributed by atoms with Crippen molar-refractivity contribution < 1.29 is 4.79 Å². The van der Waals surface area contributed by atoms with E-state index in [2.05, 4.69) is 9.98 Å². The topological polar surface area (TPSA) is 45.6 Å². The first-order chi connectivity index (χ1) is 13.1. The first kappa shape index (κ1) is 17.7. The summed E-state index contributed by atoms with van der Waals surface area (Å²) in [6.07, 6.45) is 3.48. The lowest BCUT2D eigenvalue weighted by molar-refractivity contribution is -0.112. The standard InChI is InChI=1S/C21H15Cl2N3O/c22-17-8-7-14(10-18(17)23)12-25-20-16-5-1-2-6-19(16)26(21(20)27)13-15-4-3-9-24-11-15/h1-11H,12-13H2. The number of anilines is 1. The number of hydrogen-bond acceptors (Lipinski definition) is 3. The van der Waals surface area contributed by atoms with Crippen LogP contribution in [0.4, 0.5) is 5.69 Å². The second-order valence-corrected chi connectivity index (χ2v) is 7.00. The third kappa shape index (κ3) is 3.59. The second kappa shape index (κ2) is 7.51. The van der Waals surface area contributed by atoms with Crippen LogP contribution in [0.5, 0.6) is 0 Å². The van der Waals surface area contributed by atoms with Crippen LogP contribution in [0.25, 0.3) is 0 Å². The number of fused-ring (bicyclic) bond motifs is 1. The van der Waals surface area contributed by atoms with E-state index in [0.29, 0.717) is 28.8 Å². The normalized spacial score (nSPS) is 14.7. The zero-order valence-corrected chi connectivity index (χ0v) is 15.8. The predicted molar refractivity (Wildman–Crippen MR) is 109 cm³/mol. The van der Waals surface area contributed by atoms with Crippen molar-refractivity contribution in [2.24, 2.45) is 4.99 Å². The van der Waals surface area contributed by atoms with Gasteiger partial charge >= 0.3 is 0 Å². The van der Waals surface area contributed by atoms with Crippen molar-refractivity contribution >= 4 is 40.5 Å². The maximum Gasteiger partial charge on any atom is 0.277 e. The molecule has 27 heavy (non-hydrogen) atoms. The molecule has 0 bridgehead atoms. The summed E-state index contributed by atoms with van der Waals surface area (Å²) in [5.41, 5.74) is 4.02. The van der Waals surface area contributed by atoms with Crippen LogP contribution in [-0.2, 0) is 17.9 Å². The third-order valence-corrected chi connectivity index (χ3v) is 5.10. The Labute approximate surface area is 167 Å². The van der Waals surface area contributed by atoms with Crippen LogP contribution in [-0.4, -0.2) is 16.6 Å². The summed E-state index contributed by atoms with van der Waals surface area (Å²) >= 11 is 12.0. The van der Waals surface area contributed by atoms with Gasteiger partial charge in [-0.3, -0.25) is 14.8 Å². The first-order valence-electron chi connectivity index (χ1n) is 8.42. The number of pyridine rings is 1. The molecule has 1 aromatic heterocycles. The largest absolute Gasteiger partial charge is 0.302 e. The molecule has 2 aromatic carbocycles. The summed E-state index contributed by atoms with van der Waals surface area (Å²) in [7, 11) is 0. The predicted octanol–water partition coefficient (Wildman–Crippen LogP) is 4.92. The van der Waals surface area contributed by atoms with Gasteiger partial charge < -0.3 is 4.90 Å². The van der Waals surface area contributed by atoms with E-state index in [4.69, 9.17) is 23.2 Å². The van der Waals surface area contributed by atoms with Gasteiger partial charge in [-0.25, -0.2) is 0 Å². The fourth-order valence-corrected chi connectivity index (χ4v) is 3.37. The molecule has 0 radical (unpaired) electrons. The lowest BCUT2D eigenvalue weighted by Crippen LogP contribution is -2.29. The number of carbonyl (C=O) groups is 1. The molecule has 0 atom stereocenters. The van der Waals surface area contributed by atoms with Crippen LogP contribution in [0.3, 0.4) is 0 Å². The number of benzene rings is 2. The summed E-state index contributed by atoms with van der Waals surface area (Å²) < 4.78 is 0. The van der Waals surface area contributed by atoms with Gasteiger partial charge in [-0.2, -0.15) is 0 Å². The van der Waals surface area contributed by atoms with Crippen LogP contribution in [0.2, 0.25) is 10.0 Å². The second-order valence-electron chi connectivity index (χ2n) is 6.18. The van der Waals surface area contributed by atoms with Crippen molar-refractivity contribution in [2.75, 3.05) is 4.90 Å². The Hall–Kier alpha value is -2.69. The minimum atomic E-state index is -0.111. The Morgan fingerprint density at radius 3 is 2.59 bits per heavy atom. The van der Waals surface area contributed by atoms with Crippen molar-refractivity contribution in [3.8, 4) is 0 Å². The van der Waals surface area contributed by atoms with Crippen molar-refractivity contribution in [1.29, 1.82) is 0 Å². The molecule has 3 aromatic rings. The zero-order valence-electron chi connectivity index (χ0n) is 14.3. The van der Waals surface area contributed by atoms with Crippen molar-refractivity contribution in [3.05, 3.63) is 93.7 Å². The summed E-state index contributed by atoms with van der Waals surface area (Å²) in [5.74, 6) is -0.111. The Kier molecular flexibility index (Phi) is 4.92. The minimum Gasteiger partial charge on any atom is -0.302 e. The molecule has 134 valence electrons. The number of nitrogens with zero attached hydrogens (tertiary/aromatic N) is 3. The summed E-state index contributed by atoms with van der Waals surface area (Å²) in [6, 6.07) is 16.9. The molecular formula is C21H15Cl2N3O. The molecule has 6 heteroatoms. The third-order valence-electron chi connectivity index (χ3n) is 4.36. The number of carbonyl (C=O) groups excluding carboxylic acids is 1. The molecule has 0 saturated heterocycles. The molecule has 0 spiro atoms. The number of aromatic nitrogens is 1. The van der Waals surface area contributed by atoms with Crippen molar-refractivity contribution in [1.82, 2.24) is 4.98 Å². The highest BCUT2D eigenvalue weighted by molar-refractivity contribution is 6.54. The summed E-state index contributed by atoms with van der Waals surface area (Å²) in [5, 5.41) is 0.976. The highest BCUT2D eigenvalue weighted by atomic mass is 35.5. The molecule has 4 rings (SSSR count). The van der Waals surface area contributed by atoms with E-state index in [1.165, 1.54) is 0 Å². The van der Waals surface area contributed by atoms with E-state index in [1.807, 2.05) is 42.5 Å². The Morgan fingerprint density at radius 2 is 1.81 bits per heavy atom. The molecule has 0 saturated carbocycles. The maximum absolute atomic E-state index is 13.0. The van der Waals surface area contributed by atoms with Crippen molar-refractivity contribution in [2.45, 2.75) is 13.1 Å². The number of hydrogen-bond donors (Lipinski definition) is 0. The SMILES string of the molecule is O=C1C(=NCc2ccc(Cl)c(Cl)c2)c2ccccc2N1Cc1cccnc1. The van der Waals surface area contributed by atoms with Gasteiger partial charge in [0.25, 0.3) is 5.91 Å². The highest BCUT2D eigenvalue weighted by Gasteiger charge is 2.33. The molecule has 0 unspecified atom stereocenters. The average molecular weight is 396 g/mol. The summed E-state index contributed by atoms with van der Waals surface area (Å²) in [6.45, 7) is 0.808. The Balaban J connectivity index is 1.65. The number of rotatable bonds is 4. The lowest BCUT2D eigenvalue weighted by atomic mass is 10.1. The van der Waals surface area contributed by atoms with E-state index < -0.39 is 0 Å². The molecule has 2 heterocycles. The van der Waals surface area contributed by atoms with E-state index in [0.717, 1.165) is 22.4 Å². The molecule has 4 nitrogen and oxygen atoms in total. The van der Waals surface area contributed by atoms with Crippen LogP contribution < -0.4 is 4.90 Å². The molecule has 1 aliphatic heterocycles. The fourth-order valence-electron chi connectivity index (χ4n) is 3.05. The molecule has 0 N–H and O–H groups in total. The quantitative estimate of drug-likeness (QED) is 0.628. The number of para-hydroxylation sites is 1. The van der Waals surface area contributed by atoms with E-state index >= 15 is 0 Å². The fraction of sp³-hybridized carbons (Fsp3) is 0.0952. The molecular weight excluding hydrogens is 381 g/mol. The number of amides is 1.